The number of ether oxygens (including phenoxy) is 1. The van der Waals surface area contributed by atoms with E-state index in [2.05, 4.69) is 26.1 Å². The van der Waals surface area contributed by atoms with Crippen LogP contribution in [-0.2, 0) is 6.54 Å². The van der Waals surface area contributed by atoms with E-state index in [1.165, 1.54) is 0 Å². The van der Waals surface area contributed by atoms with Crippen molar-refractivity contribution in [2.45, 2.75) is 27.3 Å². The van der Waals surface area contributed by atoms with Crippen molar-refractivity contribution in [2.24, 2.45) is 5.73 Å². The zero-order chi connectivity index (χ0) is 14.0. The lowest BCUT2D eigenvalue weighted by molar-refractivity contribution is 0.443. The molecule has 2 N–H and O–H groups in total. The summed E-state index contributed by atoms with van der Waals surface area (Å²) >= 11 is 3.43. The predicted octanol–water partition coefficient (Wildman–Crippen LogP) is 3.42. The Labute approximate surface area is 121 Å². The largest absolute Gasteiger partial charge is 0.437 e. The average Bonchev–Trinajstić information content (AvgIpc) is 2.37. The van der Waals surface area contributed by atoms with Crippen LogP contribution >= 0.6 is 15.9 Å². The zero-order valence-electron chi connectivity index (χ0n) is 11.2. The summed E-state index contributed by atoms with van der Waals surface area (Å²) in [4.78, 5) is 0. The fourth-order valence-electron chi connectivity index (χ4n) is 1.79. The van der Waals surface area contributed by atoms with E-state index in [4.69, 9.17) is 10.5 Å². The van der Waals surface area contributed by atoms with E-state index in [0.717, 1.165) is 32.6 Å². The van der Waals surface area contributed by atoms with Crippen LogP contribution in [-0.4, -0.2) is 10.2 Å². The van der Waals surface area contributed by atoms with E-state index in [1.54, 1.807) is 0 Å². The molecule has 0 aliphatic carbocycles. The Morgan fingerprint density at radius 1 is 1.21 bits per heavy atom. The van der Waals surface area contributed by atoms with Crippen molar-refractivity contribution in [2.75, 3.05) is 0 Å². The third-order valence-electron chi connectivity index (χ3n) is 3.09. The molecule has 0 saturated heterocycles. The average molecular weight is 322 g/mol. The molecule has 0 aliphatic heterocycles. The first-order chi connectivity index (χ1) is 9.02. The van der Waals surface area contributed by atoms with Crippen LogP contribution in [0.3, 0.4) is 0 Å². The van der Waals surface area contributed by atoms with Gasteiger partial charge in [-0.2, -0.15) is 5.10 Å². The van der Waals surface area contributed by atoms with E-state index in [1.807, 2.05) is 39.0 Å². The van der Waals surface area contributed by atoms with Gasteiger partial charge in [0.25, 0.3) is 0 Å². The third kappa shape index (κ3) is 2.93. The second-order valence-corrected chi connectivity index (χ2v) is 5.33. The fourth-order valence-corrected chi connectivity index (χ4v) is 2.26. The highest BCUT2D eigenvalue weighted by molar-refractivity contribution is 9.10. The Balaban J connectivity index is 2.41. The Bertz CT molecular complexity index is 614. The Hall–Kier alpha value is -1.46. The summed E-state index contributed by atoms with van der Waals surface area (Å²) < 4.78 is 6.86. The molecule has 100 valence electrons. The van der Waals surface area contributed by atoms with Crippen LogP contribution in [0.1, 0.15) is 22.4 Å². The fraction of sp³-hybridized carbons (Fsp3) is 0.286. The Morgan fingerprint density at radius 3 is 2.58 bits per heavy atom. The van der Waals surface area contributed by atoms with Gasteiger partial charge in [0.05, 0.1) is 5.69 Å². The highest BCUT2D eigenvalue weighted by Gasteiger charge is 2.12. The van der Waals surface area contributed by atoms with Gasteiger partial charge in [0, 0.05) is 16.6 Å². The summed E-state index contributed by atoms with van der Waals surface area (Å²) in [6, 6.07) is 5.82. The van der Waals surface area contributed by atoms with Crippen molar-refractivity contribution in [1.82, 2.24) is 10.2 Å². The van der Waals surface area contributed by atoms with Gasteiger partial charge in [0.1, 0.15) is 5.75 Å². The third-order valence-corrected chi connectivity index (χ3v) is 3.59. The van der Waals surface area contributed by atoms with Gasteiger partial charge in [0.15, 0.2) is 0 Å². The van der Waals surface area contributed by atoms with Crippen LogP contribution in [0.25, 0.3) is 0 Å². The topological polar surface area (TPSA) is 61.0 Å². The molecule has 1 aromatic carbocycles. The van der Waals surface area contributed by atoms with E-state index >= 15 is 0 Å². The highest BCUT2D eigenvalue weighted by atomic mass is 79.9. The van der Waals surface area contributed by atoms with Gasteiger partial charge in [-0.25, -0.2) is 0 Å². The van der Waals surface area contributed by atoms with E-state index in [0.29, 0.717) is 12.4 Å². The molecule has 0 bridgehead atoms. The van der Waals surface area contributed by atoms with Gasteiger partial charge in [-0.15, -0.1) is 5.10 Å². The molecule has 0 radical (unpaired) electrons. The lowest BCUT2D eigenvalue weighted by atomic mass is 10.1. The van der Waals surface area contributed by atoms with Gasteiger partial charge < -0.3 is 10.5 Å². The maximum absolute atomic E-state index is 5.85. The SMILES string of the molecule is Cc1cc(Br)ccc1Oc1nnc(C)c(C)c1CN. The number of halogens is 1. The molecule has 0 amide bonds. The van der Waals surface area contributed by atoms with E-state index < -0.39 is 0 Å². The van der Waals surface area contributed by atoms with Crippen LogP contribution in [0.5, 0.6) is 11.6 Å². The summed E-state index contributed by atoms with van der Waals surface area (Å²) in [5.41, 5.74) is 9.61. The Kier molecular flexibility index (Phi) is 4.17. The standard InChI is InChI=1S/C14H16BrN3O/c1-8-6-11(15)4-5-13(8)19-14-12(7-16)9(2)10(3)17-18-14/h4-6H,7,16H2,1-3H3. The summed E-state index contributed by atoms with van der Waals surface area (Å²) in [5.74, 6) is 1.24. The number of benzene rings is 1. The molecule has 19 heavy (non-hydrogen) atoms. The second-order valence-electron chi connectivity index (χ2n) is 4.41. The molecule has 4 nitrogen and oxygen atoms in total. The first-order valence-electron chi connectivity index (χ1n) is 5.99. The molecule has 1 heterocycles. The molecule has 2 aromatic rings. The molecule has 0 unspecified atom stereocenters. The van der Waals surface area contributed by atoms with Crippen LogP contribution in [0.15, 0.2) is 22.7 Å². The summed E-state index contributed by atoms with van der Waals surface area (Å²) in [5, 5.41) is 8.20. The molecule has 0 saturated carbocycles. The monoisotopic (exact) mass is 321 g/mol. The van der Waals surface area contributed by atoms with Crippen molar-refractivity contribution in [3.8, 4) is 11.6 Å². The first-order valence-corrected chi connectivity index (χ1v) is 6.79. The quantitative estimate of drug-likeness (QED) is 0.941. The van der Waals surface area contributed by atoms with Crippen molar-refractivity contribution < 1.29 is 4.74 Å². The van der Waals surface area contributed by atoms with Crippen molar-refractivity contribution in [1.29, 1.82) is 0 Å². The molecule has 2 rings (SSSR count). The minimum atomic E-state index is 0.382. The van der Waals surface area contributed by atoms with Crippen LogP contribution in [0.2, 0.25) is 0 Å². The number of rotatable bonds is 3. The number of aryl methyl sites for hydroxylation is 2. The summed E-state index contributed by atoms with van der Waals surface area (Å²) in [6.07, 6.45) is 0. The molecule has 5 heteroatoms. The van der Waals surface area contributed by atoms with E-state index in [-0.39, 0.29) is 0 Å². The molecule has 0 spiro atoms. The van der Waals surface area contributed by atoms with E-state index in [9.17, 15) is 0 Å². The molecular formula is C14H16BrN3O. The Morgan fingerprint density at radius 2 is 1.95 bits per heavy atom. The molecule has 0 aliphatic rings. The van der Waals surface area contributed by atoms with Gasteiger partial charge in [0.2, 0.25) is 5.88 Å². The number of hydrogen-bond acceptors (Lipinski definition) is 4. The number of hydrogen-bond donors (Lipinski definition) is 1. The van der Waals surface area contributed by atoms with Crippen molar-refractivity contribution in [3.05, 3.63) is 45.1 Å². The van der Waals surface area contributed by atoms with Gasteiger partial charge in [-0.05, 0) is 50.1 Å². The molecule has 0 fully saturated rings. The maximum atomic E-state index is 5.85. The van der Waals surface area contributed by atoms with Gasteiger partial charge in [-0.1, -0.05) is 15.9 Å². The number of aromatic nitrogens is 2. The number of nitrogens with two attached hydrogens (primary N) is 1. The summed E-state index contributed by atoms with van der Waals surface area (Å²) in [6.45, 7) is 6.26. The smallest absolute Gasteiger partial charge is 0.243 e. The minimum Gasteiger partial charge on any atom is -0.437 e. The van der Waals surface area contributed by atoms with Crippen molar-refractivity contribution in [3.63, 3.8) is 0 Å². The van der Waals surface area contributed by atoms with Crippen LogP contribution < -0.4 is 10.5 Å². The van der Waals surface area contributed by atoms with Crippen LogP contribution in [0.4, 0.5) is 0 Å². The van der Waals surface area contributed by atoms with Gasteiger partial charge in [-0.3, -0.25) is 0 Å². The number of nitrogens with zero attached hydrogens (tertiary/aromatic N) is 2. The van der Waals surface area contributed by atoms with Gasteiger partial charge >= 0.3 is 0 Å². The first kappa shape index (κ1) is 14.0. The minimum absolute atomic E-state index is 0.382. The highest BCUT2D eigenvalue weighted by Crippen LogP contribution is 2.29. The summed E-state index contributed by atoms with van der Waals surface area (Å²) in [7, 11) is 0. The molecule has 1 aromatic heterocycles. The van der Waals surface area contributed by atoms with Crippen LogP contribution in [0, 0.1) is 20.8 Å². The normalized spacial score (nSPS) is 10.6. The van der Waals surface area contributed by atoms with Crippen molar-refractivity contribution >= 4 is 15.9 Å². The predicted molar refractivity (Wildman–Crippen MR) is 78.4 cm³/mol. The lowest BCUT2D eigenvalue weighted by Crippen LogP contribution is -2.07. The molecule has 0 atom stereocenters. The second kappa shape index (κ2) is 5.67. The molecular weight excluding hydrogens is 306 g/mol. The lowest BCUT2D eigenvalue weighted by Gasteiger charge is -2.13. The zero-order valence-corrected chi connectivity index (χ0v) is 12.8. The maximum Gasteiger partial charge on any atom is 0.243 e.